The molecule has 3 aromatic rings. The Kier molecular flexibility index (Phi) is 4.65. The third-order valence-electron chi connectivity index (χ3n) is 6.55. The van der Waals surface area contributed by atoms with Gasteiger partial charge in [-0.3, -0.25) is 4.68 Å². The lowest BCUT2D eigenvalue weighted by Gasteiger charge is -2.66. The summed E-state index contributed by atoms with van der Waals surface area (Å²) in [6, 6.07) is 8.58. The highest BCUT2D eigenvalue weighted by atomic mass is 16.5. The lowest BCUT2D eigenvalue weighted by atomic mass is 9.40. The van der Waals surface area contributed by atoms with Gasteiger partial charge >= 0.3 is 0 Å². The third kappa shape index (κ3) is 3.48. The molecule has 2 heterocycles. The van der Waals surface area contributed by atoms with Crippen LogP contribution in [0.4, 0.5) is 5.95 Å². The Morgan fingerprint density at radius 1 is 1.15 bits per heavy atom. The van der Waals surface area contributed by atoms with E-state index in [1.54, 1.807) is 6.08 Å². The van der Waals surface area contributed by atoms with E-state index in [0.29, 0.717) is 28.6 Å². The molecule has 3 saturated carbocycles. The Morgan fingerprint density at radius 3 is 2.45 bits per heavy atom. The van der Waals surface area contributed by atoms with Crippen LogP contribution in [0.5, 0.6) is 11.6 Å². The van der Waals surface area contributed by atoms with Crippen LogP contribution in [-0.4, -0.2) is 25.3 Å². The fourth-order valence-corrected chi connectivity index (χ4v) is 5.04. The van der Waals surface area contributed by atoms with Crippen molar-refractivity contribution in [3.8, 4) is 23.8 Å². The molecule has 0 amide bonds. The topological polar surface area (TPSA) is 112 Å². The minimum atomic E-state index is -0.158. The number of aromatic nitrogens is 4. The summed E-state index contributed by atoms with van der Waals surface area (Å²) < 4.78 is 8.22. The van der Waals surface area contributed by atoms with Gasteiger partial charge in [-0.25, -0.2) is 4.98 Å². The number of nitrogens with zero attached hydrogens (tertiary/aromatic N) is 6. The fourth-order valence-electron chi connectivity index (χ4n) is 5.04. The summed E-state index contributed by atoms with van der Waals surface area (Å²) in [5.74, 6) is 1.61. The second-order valence-electron chi connectivity index (χ2n) is 9.67. The number of aryl methyl sites for hydroxylation is 2. The molecule has 6 rings (SSSR count). The summed E-state index contributed by atoms with van der Waals surface area (Å²) in [6.45, 7) is 8.06. The molecule has 1 aromatic carbocycles. The molecule has 3 fully saturated rings. The first-order valence-electron chi connectivity index (χ1n) is 11.1. The van der Waals surface area contributed by atoms with Crippen LogP contribution in [0.25, 0.3) is 17.1 Å². The van der Waals surface area contributed by atoms with Gasteiger partial charge in [0, 0.05) is 17.7 Å². The Hall–Kier alpha value is -3.91. The van der Waals surface area contributed by atoms with Crippen LogP contribution in [0.3, 0.4) is 0 Å². The zero-order chi connectivity index (χ0) is 23.4. The fraction of sp³-hybridized carbons (Fsp3) is 0.400. The van der Waals surface area contributed by atoms with E-state index in [1.807, 2.05) is 42.9 Å². The van der Waals surface area contributed by atoms with Crippen LogP contribution >= 0.6 is 0 Å². The molecular formula is C25H25N7O. The van der Waals surface area contributed by atoms with Gasteiger partial charge in [-0.05, 0) is 81.9 Å². The molecule has 2 bridgehead atoms. The Labute approximate surface area is 192 Å². The van der Waals surface area contributed by atoms with Crippen LogP contribution in [0.15, 0.2) is 24.4 Å². The minimum absolute atomic E-state index is 0.0880. The molecule has 0 spiro atoms. The largest absolute Gasteiger partial charge is 0.436 e. The molecule has 0 aliphatic heterocycles. The Morgan fingerprint density at radius 2 is 1.85 bits per heavy atom. The van der Waals surface area contributed by atoms with Crippen LogP contribution < -0.4 is 10.1 Å². The van der Waals surface area contributed by atoms with Gasteiger partial charge in [0.25, 0.3) is 5.88 Å². The number of benzene rings is 1. The number of hydrogen-bond acceptors (Lipinski definition) is 7. The number of allylic oxidation sites excluding steroid dienone is 1. The van der Waals surface area contributed by atoms with E-state index in [4.69, 9.17) is 20.0 Å². The number of ether oxygens (including phenoxy) is 1. The Balaban J connectivity index is 1.52. The van der Waals surface area contributed by atoms with Gasteiger partial charge in [0.2, 0.25) is 5.95 Å². The van der Waals surface area contributed by atoms with Crippen molar-refractivity contribution in [2.45, 2.75) is 58.5 Å². The maximum Gasteiger partial charge on any atom is 0.253 e. The first kappa shape index (κ1) is 21.0. The SMILES string of the molecule is Cc1cc(/C=C/C#N)cc(C)c1Oc1nc(NC23CC(C#N)(C2)C3)nc2cn(C(C)C)nc12. The first-order valence-corrected chi connectivity index (χ1v) is 11.1. The number of nitrogens with one attached hydrogen (secondary N) is 1. The van der Waals surface area contributed by atoms with Crippen LogP contribution in [0.1, 0.15) is 55.8 Å². The predicted octanol–water partition coefficient (Wildman–Crippen LogP) is 5.21. The highest BCUT2D eigenvalue weighted by Crippen LogP contribution is 2.67. The molecule has 0 atom stereocenters. The summed E-state index contributed by atoms with van der Waals surface area (Å²) >= 11 is 0. The third-order valence-corrected chi connectivity index (χ3v) is 6.55. The maximum absolute atomic E-state index is 9.33. The van der Waals surface area contributed by atoms with Crippen LogP contribution in [0.2, 0.25) is 0 Å². The number of hydrogen-bond donors (Lipinski definition) is 1. The summed E-state index contributed by atoms with van der Waals surface area (Å²) in [7, 11) is 0. The minimum Gasteiger partial charge on any atom is -0.436 e. The lowest BCUT2D eigenvalue weighted by molar-refractivity contribution is -0.0665. The van der Waals surface area contributed by atoms with E-state index in [9.17, 15) is 5.26 Å². The molecular weight excluding hydrogens is 414 g/mol. The molecule has 8 heteroatoms. The van der Waals surface area contributed by atoms with Crippen LogP contribution in [-0.2, 0) is 0 Å². The average molecular weight is 440 g/mol. The van der Waals surface area contributed by atoms with Gasteiger partial charge < -0.3 is 10.1 Å². The summed E-state index contributed by atoms with van der Waals surface area (Å²) in [5.41, 5.74) is 3.88. The first-order chi connectivity index (χ1) is 15.8. The summed E-state index contributed by atoms with van der Waals surface area (Å²) in [5, 5.41) is 26.3. The molecule has 0 radical (unpaired) electrons. The van der Waals surface area contributed by atoms with Crippen molar-refractivity contribution < 1.29 is 4.74 Å². The zero-order valence-corrected chi connectivity index (χ0v) is 19.2. The van der Waals surface area contributed by atoms with E-state index in [-0.39, 0.29) is 17.0 Å². The van der Waals surface area contributed by atoms with Gasteiger partial charge in [-0.2, -0.15) is 20.6 Å². The van der Waals surface area contributed by atoms with Crippen molar-refractivity contribution in [2.24, 2.45) is 5.41 Å². The second-order valence-corrected chi connectivity index (χ2v) is 9.67. The monoisotopic (exact) mass is 439 g/mol. The summed E-state index contributed by atoms with van der Waals surface area (Å²) in [4.78, 5) is 9.41. The van der Waals surface area contributed by atoms with Gasteiger partial charge in [0.05, 0.1) is 23.8 Å². The number of anilines is 1. The molecule has 33 heavy (non-hydrogen) atoms. The van der Waals surface area contributed by atoms with Crippen molar-refractivity contribution in [3.63, 3.8) is 0 Å². The van der Waals surface area contributed by atoms with Crippen molar-refractivity contribution in [2.75, 3.05) is 5.32 Å². The molecule has 3 aliphatic carbocycles. The molecule has 3 aliphatic rings. The van der Waals surface area contributed by atoms with E-state index in [2.05, 4.69) is 30.3 Å². The van der Waals surface area contributed by atoms with Crippen molar-refractivity contribution in [1.82, 2.24) is 19.7 Å². The molecule has 0 saturated heterocycles. The predicted molar refractivity (Wildman–Crippen MR) is 125 cm³/mol. The average Bonchev–Trinajstić information content (AvgIpc) is 3.15. The molecule has 0 unspecified atom stereocenters. The number of fused-ring (bicyclic) bond motifs is 1. The lowest BCUT2D eigenvalue weighted by Crippen LogP contribution is -2.70. The molecule has 166 valence electrons. The quantitative estimate of drug-likeness (QED) is 0.524. The van der Waals surface area contributed by atoms with Gasteiger partial charge in [-0.1, -0.05) is 0 Å². The van der Waals surface area contributed by atoms with Gasteiger partial charge in [-0.15, -0.1) is 0 Å². The summed E-state index contributed by atoms with van der Waals surface area (Å²) in [6.07, 6.45) is 7.63. The van der Waals surface area contributed by atoms with E-state index >= 15 is 0 Å². The van der Waals surface area contributed by atoms with E-state index in [0.717, 1.165) is 36.0 Å². The molecule has 1 N–H and O–H groups in total. The van der Waals surface area contributed by atoms with Crippen LogP contribution in [0, 0.1) is 41.9 Å². The Bertz CT molecular complexity index is 1340. The van der Waals surface area contributed by atoms with Crippen molar-refractivity contribution in [1.29, 1.82) is 10.5 Å². The van der Waals surface area contributed by atoms with E-state index in [1.165, 1.54) is 6.08 Å². The van der Waals surface area contributed by atoms with Gasteiger partial charge in [0.1, 0.15) is 11.3 Å². The highest BCUT2D eigenvalue weighted by Gasteiger charge is 2.69. The smallest absolute Gasteiger partial charge is 0.253 e. The number of rotatable bonds is 6. The van der Waals surface area contributed by atoms with Crippen molar-refractivity contribution in [3.05, 3.63) is 41.1 Å². The second kappa shape index (κ2) is 7.31. The van der Waals surface area contributed by atoms with Gasteiger partial charge in [0.15, 0.2) is 5.52 Å². The zero-order valence-electron chi connectivity index (χ0n) is 19.2. The standard InChI is InChI=1S/C25H25N7O/c1-15(2)32-10-19-20(31-32)22(29-23(28-19)30-25-11-24(12-25,13-25)14-27)33-21-16(3)8-18(6-5-7-26)9-17(21)4/h5-6,8-10,15H,11-13H2,1-4H3,(H,28,30)/b6-5+. The van der Waals surface area contributed by atoms with E-state index < -0.39 is 0 Å². The molecule has 2 aromatic heterocycles. The maximum atomic E-state index is 9.33. The molecule has 8 nitrogen and oxygen atoms in total. The normalized spacial score (nSPS) is 23.1. The van der Waals surface area contributed by atoms with Crippen molar-refractivity contribution >= 4 is 23.1 Å². The highest BCUT2D eigenvalue weighted by molar-refractivity contribution is 5.80. The number of nitriles is 2.